The van der Waals surface area contributed by atoms with Crippen molar-refractivity contribution in [1.82, 2.24) is 14.8 Å². The van der Waals surface area contributed by atoms with Crippen LogP contribution in [-0.2, 0) is 24.2 Å². The fourth-order valence-corrected chi connectivity index (χ4v) is 2.53. The number of aromatic nitrogens is 3. The molecular weight excluding hydrogens is 254 g/mol. The fraction of sp³-hybridized carbons (Fsp3) is 0.400. The smallest absolute Gasteiger partial charge is 0.308 e. The second-order valence-corrected chi connectivity index (χ2v) is 5.36. The third kappa shape index (κ3) is 2.57. The summed E-state index contributed by atoms with van der Waals surface area (Å²) in [4.78, 5) is 15.6. The van der Waals surface area contributed by atoms with Gasteiger partial charge in [-0.25, -0.2) is 9.67 Å². The second kappa shape index (κ2) is 5.07. The van der Waals surface area contributed by atoms with Crippen molar-refractivity contribution in [3.8, 4) is 0 Å². The lowest BCUT2D eigenvalue weighted by Gasteiger charge is -2.18. The lowest BCUT2D eigenvalue weighted by molar-refractivity contribution is -0.142. The minimum absolute atomic E-state index is 0.337. The number of hydrogen-bond donors (Lipinski definition) is 1. The molecule has 1 aliphatic rings. The van der Waals surface area contributed by atoms with Gasteiger partial charge in [-0.05, 0) is 18.9 Å². The van der Waals surface area contributed by atoms with Crippen LogP contribution in [0, 0.1) is 12.8 Å². The molecule has 2 heterocycles. The lowest BCUT2D eigenvalue weighted by Crippen LogP contribution is -2.27. The fourth-order valence-electron chi connectivity index (χ4n) is 2.53. The Morgan fingerprint density at radius 3 is 2.85 bits per heavy atom. The zero-order chi connectivity index (χ0) is 14.1. The van der Waals surface area contributed by atoms with Crippen LogP contribution < -0.4 is 0 Å². The maximum absolute atomic E-state index is 11.0. The summed E-state index contributed by atoms with van der Waals surface area (Å²) >= 11 is 0. The van der Waals surface area contributed by atoms with Crippen LogP contribution in [0.5, 0.6) is 0 Å². The number of aryl methyl sites for hydroxylation is 2. The summed E-state index contributed by atoms with van der Waals surface area (Å²) in [6.45, 7) is 2.50. The van der Waals surface area contributed by atoms with Crippen LogP contribution in [0.25, 0.3) is 0 Å². The Morgan fingerprint density at radius 1 is 1.40 bits per heavy atom. The quantitative estimate of drug-likeness (QED) is 0.924. The van der Waals surface area contributed by atoms with Crippen LogP contribution in [0.3, 0.4) is 0 Å². The van der Waals surface area contributed by atoms with Gasteiger partial charge in [0.1, 0.15) is 5.82 Å². The maximum Gasteiger partial charge on any atom is 0.308 e. The van der Waals surface area contributed by atoms with E-state index >= 15 is 0 Å². The molecule has 2 aromatic rings. The first kappa shape index (κ1) is 12.8. The summed E-state index contributed by atoms with van der Waals surface area (Å²) in [7, 11) is 0. The van der Waals surface area contributed by atoms with Crippen LogP contribution in [0.4, 0.5) is 0 Å². The van der Waals surface area contributed by atoms with Crippen LogP contribution in [-0.4, -0.2) is 25.8 Å². The summed E-state index contributed by atoms with van der Waals surface area (Å²) in [5, 5.41) is 13.5. The Kier molecular flexibility index (Phi) is 3.26. The molecule has 0 saturated carbocycles. The molecule has 0 radical (unpaired) electrons. The molecule has 1 atom stereocenters. The van der Waals surface area contributed by atoms with Gasteiger partial charge in [0.05, 0.1) is 12.5 Å². The Labute approximate surface area is 117 Å². The standard InChI is InChI=1S/C15H17N3O2/c1-10-2-4-11(5-3-10)8-13-16-14-7-6-12(15(19)20)9-18(14)17-13/h2-5,12H,6-9H2,1H3,(H,19,20). The molecular formula is C15H17N3O2. The Morgan fingerprint density at radius 2 is 2.15 bits per heavy atom. The number of fused-ring (bicyclic) bond motifs is 1. The molecule has 1 aromatic heterocycles. The lowest BCUT2D eigenvalue weighted by atomic mass is 10.0. The number of carbonyl (C=O) groups is 1. The average Bonchev–Trinajstić information content (AvgIpc) is 2.82. The highest BCUT2D eigenvalue weighted by Crippen LogP contribution is 2.19. The van der Waals surface area contributed by atoms with Crippen molar-refractivity contribution in [2.75, 3.05) is 0 Å². The molecule has 20 heavy (non-hydrogen) atoms. The monoisotopic (exact) mass is 271 g/mol. The van der Waals surface area contributed by atoms with E-state index < -0.39 is 5.97 Å². The molecule has 0 saturated heterocycles. The van der Waals surface area contributed by atoms with E-state index in [0.717, 1.165) is 11.6 Å². The van der Waals surface area contributed by atoms with E-state index in [9.17, 15) is 4.79 Å². The molecule has 5 nitrogen and oxygen atoms in total. The van der Waals surface area contributed by atoms with Crippen molar-refractivity contribution in [3.63, 3.8) is 0 Å². The second-order valence-electron chi connectivity index (χ2n) is 5.36. The summed E-state index contributed by atoms with van der Waals surface area (Å²) in [6, 6.07) is 8.31. The molecule has 0 amide bonds. The van der Waals surface area contributed by atoms with E-state index in [2.05, 4.69) is 41.3 Å². The SMILES string of the molecule is Cc1ccc(Cc2nc3n(n2)CC(C(=O)O)CC3)cc1. The Bertz CT molecular complexity index is 631. The van der Waals surface area contributed by atoms with Crippen LogP contribution in [0.15, 0.2) is 24.3 Å². The van der Waals surface area contributed by atoms with E-state index in [1.807, 2.05) is 0 Å². The number of rotatable bonds is 3. The molecule has 104 valence electrons. The van der Waals surface area contributed by atoms with Gasteiger partial charge in [0, 0.05) is 12.8 Å². The van der Waals surface area contributed by atoms with E-state index in [0.29, 0.717) is 25.8 Å². The van der Waals surface area contributed by atoms with E-state index in [1.165, 1.54) is 11.1 Å². The van der Waals surface area contributed by atoms with Crippen molar-refractivity contribution in [2.24, 2.45) is 5.92 Å². The predicted octanol–water partition coefficient (Wildman–Crippen LogP) is 1.82. The highest BCUT2D eigenvalue weighted by molar-refractivity contribution is 5.70. The molecule has 5 heteroatoms. The number of hydrogen-bond acceptors (Lipinski definition) is 3. The first-order chi connectivity index (χ1) is 9.61. The average molecular weight is 271 g/mol. The van der Waals surface area contributed by atoms with Gasteiger partial charge >= 0.3 is 5.97 Å². The van der Waals surface area contributed by atoms with E-state index in [1.54, 1.807) is 4.68 Å². The maximum atomic E-state index is 11.0. The third-order valence-corrected chi connectivity index (χ3v) is 3.73. The van der Waals surface area contributed by atoms with Crippen LogP contribution >= 0.6 is 0 Å². The normalized spacial score (nSPS) is 17.8. The van der Waals surface area contributed by atoms with Gasteiger partial charge in [0.2, 0.25) is 0 Å². The Hall–Kier alpha value is -2.17. The zero-order valence-electron chi connectivity index (χ0n) is 11.4. The first-order valence-electron chi connectivity index (χ1n) is 6.83. The molecule has 0 spiro atoms. The largest absolute Gasteiger partial charge is 0.481 e. The molecule has 1 aromatic carbocycles. The van der Waals surface area contributed by atoms with Crippen molar-refractivity contribution in [3.05, 3.63) is 47.0 Å². The number of aliphatic carboxylic acids is 1. The Balaban J connectivity index is 1.77. The van der Waals surface area contributed by atoms with Crippen molar-refractivity contribution in [2.45, 2.75) is 32.7 Å². The molecule has 0 fully saturated rings. The molecule has 1 aliphatic heterocycles. The van der Waals surface area contributed by atoms with Crippen molar-refractivity contribution in [1.29, 1.82) is 0 Å². The summed E-state index contributed by atoms with van der Waals surface area (Å²) < 4.78 is 1.76. The number of carboxylic acids is 1. The van der Waals surface area contributed by atoms with E-state index in [-0.39, 0.29) is 5.92 Å². The van der Waals surface area contributed by atoms with Crippen LogP contribution in [0.2, 0.25) is 0 Å². The van der Waals surface area contributed by atoms with Gasteiger partial charge in [-0.2, -0.15) is 5.10 Å². The van der Waals surface area contributed by atoms with Gasteiger partial charge in [0.15, 0.2) is 5.82 Å². The zero-order valence-corrected chi connectivity index (χ0v) is 11.4. The highest BCUT2D eigenvalue weighted by Gasteiger charge is 2.26. The molecule has 3 rings (SSSR count). The van der Waals surface area contributed by atoms with Gasteiger partial charge in [-0.15, -0.1) is 0 Å². The summed E-state index contributed by atoms with van der Waals surface area (Å²) in [5.74, 6) is 0.599. The highest BCUT2D eigenvalue weighted by atomic mass is 16.4. The van der Waals surface area contributed by atoms with Gasteiger partial charge in [-0.3, -0.25) is 4.79 Å². The number of nitrogens with zero attached hydrogens (tertiary/aromatic N) is 3. The molecule has 0 bridgehead atoms. The summed E-state index contributed by atoms with van der Waals surface area (Å²) in [5.41, 5.74) is 2.41. The molecule has 0 aliphatic carbocycles. The first-order valence-corrected chi connectivity index (χ1v) is 6.83. The van der Waals surface area contributed by atoms with Crippen LogP contribution in [0.1, 0.15) is 29.2 Å². The number of carboxylic acid groups (broad SMARTS) is 1. The number of benzene rings is 1. The van der Waals surface area contributed by atoms with Gasteiger partial charge in [-0.1, -0.05) is 29.8 Å². The van der Waals surface area contributed by atoms with Crippen molar-refractivity contribution < 1.29 is 9.90 Å². The van der Waals surface area contributed by atoms with Crippen molar-refractivity contribution >= 4 is 5.97 Å². The minimum atomic E-state index is -0.744. The predicted molar refractivity (Wildman–Crippen MR) is 73.5 cm³/mol. The van der Waals surface area contributed by atoms with Gasteiger partial charge < -0.3 is 5.11 Å². The van der Waals surface area contributed by atoms with Gasteiger partial charge in [0.25, 0.3) is 0 Å². The molecule has 1 unspecified atom stereocenters. The summed E-state index contributed by atoms with van der Waals surface area (Å²) in [6.07, 6.45) is 2.04. The topological polar surface area (TPSA) is 68.0 Å². The minimum Gasteiger partial charge on any atom is -0.481 e. The van der Waals surface area contributed by atoms with E-state index in [4.69, 9.17) is 5.11 Å². The third-order valence-electron chi connectivity index (χ3n) is 3.73. The molecule has 1 N–H and O–H groups in total.